The molecule has 15 heteroatoms. The van der Waals surface area contributed by atoms with Gasteiger partial charge in [0.1, 0.15) is 17.8 Å². The summed E-state index contributed by atoms with van der Waals surface area (Å²) in [6.07, 6.45) is 0.0894. The summed E-state index contributed by atoms with van der Waals surface area (Å²) >= 11 is 0. The van der Waals surface area contributed by atoms with Gasteiger partial charge < -0.3 is 34.8 Å². The maximum Gasteiger partial charge on any atom is 0.433 e. The van der Waals surface area contributed by atoms with Crippen LogP contribution in [0.5, 0.6) is 0 Å². The van der Waals surface area contributed by atoms with E-state index in [1.165, 1.54) is 0 Å². The number of nitrogens with one attached hydrogen (secondary N) is 1. The fourth-order valence-electron chi connectivity index (χ4n) is 6.98. The average molecular weight is 630 g/mol. The van der Waals surface area contributed by atoms with Gasteiger partial charge in [-0.05, 0) is 38.0 Å². The quantitative estimate of drug-likeness (QED) is 0.370. The van der Waals surface area contributed by atoms with Crippen molar-refractivity contribution in [3.05, 3.63) is 18.1 Å². The molecule has 0 radical (unpaired) electrons. The molecular formula is C29H42F3N5O7. The number of likely N-dealkylation sites (tertiary alicyclic amines) is 1. The number of aromatic nitrogens is 2. The lowest BCUT2D eigenvalue weighted by Gasteiger charge is -2.42. The Morgan fingerprint density at radius 2 is 1.84 bits per heavy atom. The second-order valence-electron chi connectivity index (χ2n) is 12.4. The average Bonchev–Trinajstić information content (AvgIpc) is 3.71. The summed E-state index contributed by atoms with van der Waals surface area (Å²) < 4.78 is 50.6. The van der Waals surface area contributed by atoms with Crippen molar-refractivity contribution in [2.45, 2.75) is 95.2 Å². The van der Waals surface area contributed by atoms with Crippen LogP contribution in [0.1, 0.15) is 64.5 Å². The molecule has 3 aliphatic heterocycles. The molecule has 0 aromatic carbocycles. The number of amides is 1. The Labute approximate surface area is 254 Å². The van der Waals surface area contributed by atoms with Gasteiger partial charge in [0.25, 0.3) is 0 Å². The summed E-state index contributed by atoms with van der Waals surface area (Å²) in [5.74, 6) is -1.48. The second kappa shape index (κ2) is 13.9. The normalized spacial score (nSPS) is 29.9. The second-order valence-corrected chi connectivity index (χ2v) is 12.4. The van der Waals surface area contributed by atoms with Gasteiger partial charge in [0, 0.05) is 45.0 Å². The molecule has 4 aliphatic rings. The number of fused-ring (bicyclic) bond motifs is 2. The first kappa shape index (κ1) is 33.8. The Kier molecular flexibility index (Phi) is 10.7. The number of aliphatic carboxylic acids is 2. The third kappa shape index (κ3) is 7.60. The molecule has 0 spiro atoms. The number of alkyl halides is 3. The van der Waals surface area contributed by atoms with Crippen molar-refractivity contribution in [1.29, 1.82) is 0 Å². The van der Waals surface area contributed by atoms with Crippen LogP contribution in [-0.2, 0) is 30.0 Å². The maximum absolute atomic E-state index is 14.0. The Morgan fingerprint density at radius 1 is 1.14 bits per heavy atom. The fraction of sp³-hybridized carbons (Fsp3) is 0.759. The monoisotopic (exact) mass is 629 g/mol. The molecule has 3 N–H and O–H groups in total. The van der Waals surface area contributed by atoms with Gasteiger partial charge in [0.05, 0.1) is 43.1 Å². The Balaban J connectivity index is 0.000000488. The van der Waals surface area contributed by atoms with E-state index in [1.54, 1.807) is 7.11 Å². The highest BCUT2D eigenvalue weighted by atomic mass is 19.4. The van der Waals surface area contributed by atoms with Crippen LogP contribution in [-0.4, -0.2) is 107 Å². The Hall–Kier alpha value is -3.04. The number of carbonyl (C=O) groups excluding carboxylic acids is 1. The van der Waals surface area contributed by atoms with Gasteiger partial charge in [-0.25, -0.2) is 9.97 Å². The van der Waals surface area contributed by atoms with Crippen LogP contribution < -0.4 is 10.2 Å². The molecule has 5 rings (SSSR count). The van der Waals surface area contributed by atoms with Gasteiger partial charge in [0.2, 0.25) is 5.91 Å². The summed E-state index contributed by atoms with van der Waals surface area (Å²) in [6, 6.07) is 1.44. The summed E-state index contributed by atoms with van der Waals surface area (Å²) in [6.45, 7) is 6.58. The minimum Gasteiger partial charge on any atom is -0.481 e. The molecule has 1 saturated carbocycles. The van der Waals surface area contributed by atoms with Gasteiger partial charge in [-0.15, -0.1) is 0 Å². The van der Waals surface area contributed by atoms with Crippen molar-refractivity contribution in [2.24, 2.45) is 11.3 Å². The molecule has 6 atom stereocenters. The minimum absolute atomic E-state index is 0.0113. The molecule has 4 fully saturated rings. The van der Waals surface area contributed by atoms with E-state index in [0.29, 0.717) is 26.3 Å². The third-order valence-electron chi connectivity index (χ3n) is 9.43. The number of rotatable bonds is 9. The van der Waals surface area contributed by atoms with Crippen LogP contribution in [0.3, 0.4) is 0 Å². The smallest absolute Gasteiger partial charge is 0.433 e. The molecule has 44 heavy (non-hydrogen) atoms. The Bertz CT molecular complexity index is 1170. The zero-order valence-corrected chi connectivity index (χ0v) is 25.3. The van der Waals surface area contributed by atoms with Crippen LogP contribution in [0.25, 0.3) is 0 Å². The summed E-state index contributed by atoms with van der Waals surface area (Å²) in [5.41, 5.74) is -1.37. The predicted octanol–water partition coefficient (Wildman–Crippen LogP) is 2.81. The summed E-state index contributed by atoms with van der Waals surface area (Å²) in [4.78, 5) is 44.7. The van der Waals surface area contributed by atoms with Crippen molar-refractivity contribution in [3.8, 4) is 0 Å². The largest absolute Gasteiger partial charge is 0.481 e. The number of ether oxygens (including phenoxy) is 2. The van der Waals surface area contributed by atoms with Crippen LogP contribution in [0.2, 0.25) is 0 Å². The molecule has 4 heterocycles. The number of halogens is 3. The van der Waals surface area contributed by atoms with Crippen molar-refractivity contribution in [2.75, 3.05) is 38.3 Å². The number of carboxylic acid groups (broad SMARTS) is 2. The third-order valence-corrected chi connectivity index (χ3v) is 9.43. The van der Waals surface area contributed by atoms with Crippen molar-refractivity contribution >= 4 is 23.7 Å². The molecule has 1 amide bonds. The molecular weight excluding hydrogens is 587 g/mol. The van der Waals surface area contributed by atoms with Crippen LogP contribution in [0, 0.1) is 11.3 Å². The lowest BCUT2D eigenvalue weighted by molar-refractivity contribution is -0.146. The summed E-state index contributed by atoms with van der Waals surface area (Å²) in [7, 11) is 1.71. The van der Waals surface area contributed by atoms with Gasteiger partial charge in [0.15, 0.2) is 0 Å². The van der Waals surface area contributed by atoms with Gasteiger partial charge in [-0.1, -0.05) is 13.8 Å². The zero-order valence-electron chi connectivity index (χ0n) is 25.3. The number of carboxylic acids is 2. The standard InChI is InChI=1S/C25H36F3N5O3.C4H6O4/c1-15(2)24(6-4-16(10-24)31-19-5-7-36-13-20(19)35-3)23(34)33-12-17-8-18(33)11-32(17)22-9-21(25(26,27)28)29-14-30-22;5-3(6)1-2-4(7)8/h9,14-20,31H,4-8,10-13H2,1-3H3;1-2H2,(H,5,6)(H,7,8). The van der Waals surface area contributed by atoms with E-state index >= 15 is 0 Å². The van der Waals surface area contributed by atoms with Crippen molar-refractivity contribution in [3.63, 3.8) is 0 Å². The highest BCUT2D eigenvalue weighted by Crippen LogP contribution is 2.48. The van der Waals surface area contributed by atoms with Gasteiger partial charge in [-0.2, -0.15) is 13.2 Å². The van der Waals surface area contributed by atoms with Crippen LogP contribution in [0.15, 0.2) is 12.4 Å². The fourth-order valence-corrected chi connectivity index (χ4v) is 6.98. The number of hydrogen-bond acceptors (Lipinski definition) is 9. The first-order valence-corrected chi connectivity index (χ1v) is 15.0. The first-order valence-electron chi connectivity index (χ1n) is 15.0. The predicted molar refractivity (Wildman–Crippen MR) is 151 cm³/mol. The molecule has 1 aliphatic carbocycles. The van der Waals surface area contributed by atoms with Gasteiger partial charge in [-0.3, -0.25) is 14.4 Å². The lowest BCUT2D eigenvalue weighted by Crippen LogP contribution is -2.55. The molecule has 1 aromatic rings. The SMILES string of the molecule is COC1COCCC1NC1CCC(C(=O)N2CC3CC2CN3c2cc(C(F)(F)F)ncn2)(C(C)C)C1.O=C(O)CCC(=O)O. The van der Waals surface area contributed by atoms with Crippen LogP contribution >= 0.6 is 0 Å². The number of carbonyl (C=O) groups is 3. The van der Waals surface area contributed by atoms with Crippen molar-refractivity contribution in [1.82, 2.24) is 20.2 Å². The van der Waals surface area contributed by atoms with Gasteiger partial charge >= 0.3 is 18.1 Å². The molecule has 12 nitrogen and oxygen atoms in total. The van der Waals surface area contributed by atoms with E-state index in [2.05, 4.69) is 29.1 Å². The summed E-state index contributed by atoms with van der Waals surface area (Å²) in [5, 5.41) is 19.6. The first-order chi connectivity index (χ1) is 20.7. The number of hydrogen-bond donors (Lipinski definition) is 3. The lowest BCUT2D eigenvalue weighted by atomic mass is 9.74. The number of piperazine rings is 1. The molecule has 3 saturated heterocycles. The zero-order chi connectivity index (χ0) is 32.2. The van der Waals surface area contributed by atoms with E-state index in [1.807, 2.05) is 9.80 Å². The topological polar surface area (TPSA) is 154 Å². The number of methoxy groups -OCH3 is 1. The highest BCUT2D eigenvalue weighted by molar-refractivity contribution is 5.84. The van der Waals surface area contributed by atoms with E-state index in [-0.39, 0.29) is 60.8 Å². The van der Waals surface area contributed by atoms with E-state index in [9.17, 15) is 27.6 Å². The number of nitrogens with zero attached hydrogens (tertiary/aromatic N) is 4. The molecule has 246 valence electrons. The molecule has 1 aromatic heterocycles. The molecule has 6 unspecified atom stereocenters. The number of anilines is 1. The maximum atomic E-state index is 14.0. The molecule has 2 bridgehead atoms. The highest BCUT2D eigenvalue weighted by Gasteiger charge is 2.55. The minimum atomic E-state index is -4.51. The van der Waals surface area contributed by atoms with Crippen LogP contribution in [0.4, 0.5) is 19.0 Å². The van der Waals surface area contributed by atoms with Crippen molar-refractivity contribution < 1.29 is 47.2 Å². The van der Waals surface area contributed by atoms with E-state index < -0.39 is 29.2 Å². The van der Waals surface area contributed by atoms with E-state index in [4.69, 9.17) is 19.7 Å². The Morgan fingerprint density at radius 3 is 2.41 bits per heavy atom. The van der Waals surface area contributed by atoms with E-state index in [0.717, 1.165) is 44.5 Å².